The highest BCUT2D eigenvalue weighted by molar-refractivity contribution is 5.80. The van der Waals surface area contributed by atoms with Crippen molar-refractivity contribution in [2.24, 2.45) is 0 Å². The normalized spacial score (nSPS) is 7.25. The molecule has 0 heterocycles. The summed E-state index contributed by atoms with van der Waals surface area (Å²) in [5.74, 6) is -0.551. The van der Waals surface area contributed by atoms with Crippen molar-refractivity contribution in [1.29, 1.82) is 0 Å². The van der Waals surface area contributed by atoms with Crippen molar-refractivity contribution in [3.8, 4) is 0 Å². The lowest BCUT2D eigenvalue weighted by atomic mass is 10.5. The van der Waals surface area contributed by atoms with E-state index in [0.29, 0.717) is 6.42 Å². The molecule has 0 radical (unpaired) electrons. The Balaban J connectivity index is 0. The number of hydrogen-bond acceptors (Lipinski definition) is 4. The predicted octanol–water partition coefficient (Wildman–Crippen LogP) is 0.915. The van der Waals surface area contributed by atoms with Crippen LogP contribution in [0.25, 0.3) is 0 Å². The third kappa shape index (κ3) is 11.5. The molecule has 0 aliphatic rings. The molecule has 0 bridgehead atoms. The van der Waals surface area contributed by atoms with Gasteiger partial charge in [0.15, 0.2) is 0 Å². The fourth-order valence-corrected chi connectivity index (χ4v) is 0.228. The molecule has 4 nitrogen and oxygen atoms in total. The number of methoxy groups -OCH3 is 2. The van der Waals surface area contributed by atoms with Crippen molar-refractivity contribution in [1.82, 2.24) is 0 Å². The molecule has 70 valence electrons. The minimum atomic E-state index is -0.394. The Labute approximate surface area is 72.2 Å². The van der Waals surface area contributed by atoms with Crippen LogP contribution in [0, 0.1) is 0 Å². The number of ether oxygens (including phenoxy) is 2. The summed E-state index contributed by atoms with van der Waals surface area (Å²) in [7, 11) is 2.69. The number of carbonyl (C=O) groups excluding carboxylic acids is 2. The Kier molecular flexibility index (Phi) is 10.7. The van der Waals surface area contributed by atoms with Crippen LogP contribution < -0.4 is 0 Å². The van der Waals surface area contributed by atoms with E-state index in [1.165, 1.54) is 14.2 Å². The van der Waals surface area contributed by atoms with Gasteiger partial charge in [0.1, 0.15) is 0 Å². The first-order valence-corrected chi connectivity index (χ1v) is 3.39. The van der Waals surface area contributed by atoms with Gasteiger partial charge in [-0.3, -0.25) is 4.79 Å². The fraction of sp³-hybridized carbons (Fsp3) is 0.500. The van der Waals surface area contributed by atoms with Gasteiger partial charge in [0.05, 0.1) is 14.2 Å². The molecule has 4 heteroatoms. The number of carbonyl (C=O) groups is 2. The third-order valence-electron chi connectivity index (χ3n) is 0.884. The van der Waals surface area contributed by atoms with Crippen LogP contribution in [0.4, 0.5) is 0 Å². The standard InChI is InChI=1S/C4H8O2.C4H6O2/c2*1-3-4(5)6-2/h3H2,1-2H3;3H,1H2,2H3. The average Bonchev–Trinajstić information content (AvgIpc) is 2.16. The molecule has 0 aromatic carbocycles. The van der Waals surface area contributed by atoms with Crippen LogP contribution in [0.2, 0.25) is 0 Å². The topological polar surface area (TPSA) is 52.6 Å². The molecule has 0 fully saturated rings. The first-order valence-electron chi connectivity index (χ1n) is 3.39. The maximum absolute atomic E-state index is 9.96. The van der Waals surface area contributed by atoms with Crippen LogP contribution in [0.5, 0.6) is 0 Å². The second-order valence-corrected chi connectivity index (χ2v) is 1.66. The summed E-state index contributed by atoms with van der Waals surface area (Å²) in [6, 6.07) is 0. The van der Waals surface area contributed by atoms with Gasteiger partial charge in [-0.15, -0.1) is 0 Å². The zero-order valence-electron chi connectivity index (χ0n) is 7.62. The molecule has 0 amide bonds. The zero-order chi connectivity index (χ0) is 9.98. The summed E-state index contributed by atoms with van der Waals surface area (Å²) in [4.78, 5) is 19.8. The Morgan fingerprint density at radius 3 is 1.83 bits per heavy atom. The molecule has 0 unspecified atom stereocenters. The van der Waals surface area contributed by atoms with Crippen LogP contribution in [-0.4, -0.2) is 26.2 Å². The molecule has 0 rings (SSSR count). The number of esters is 2. The summed E-state index contributed by atoms with van der Waals surface area (Å²) in [5.41, 5.74) is 0. The largest absolute Gasteiger partial charge is 0.469 e. The molecular weight excluding hydrogens is 160 g/mol. The minimum absolute atomic E-state index is 0.157. The van der Waals surface area contributed by atoms with Gasteiger partial charge in [-0.25, -0.2) is 4.79 Å². The first kappa shape index (κ1) is 13.3. The number of hydrogen-bond donors (Lipinski definition) is 0. The van der Waals surface area contributed by atoms with E-state index >= 15 is 0 Å². The molecule has 0 N–H and O–H groups in total. The Bertz CT molecular complexity index is 145. The highest BCUT2D eigenvalue weighted by Crippen LogP contribution is 1.76. The van der Waals surface area contributed by atoms with E-state index in [-0.39, 0.29) is 5.97 Å². The second-order valence-electron chi connectivity index (χ2n) is 1.66. The van der Waals surface area contributed by atoms with Gasteiger partial charge in [0.2, 0.25) is 0 Å². The van der Waals surface area contributed by atoms with Crippen molar-refractivity contribution in [2.75, 3.05) is 14.2 Å². The van der Waals surface area contributed by atoms with Gasteiger partial charge >= 0.3 is 11.9 Å². The van der Waals surface area contributed by atoms with E-state index in [4.69, 9.17) is 0 Å². The Hall–Kier alpha value is -1.32. The molecule has 0 atom stereocenters. The van der Waals surface area contributed by atoms with E-state index in [9.17, 15) is 9.59 Å². The van der Waals surface area contributed by atoms with E-state index in [0.717, 1.165) is 6.08 Å². The van der Waals surface area contributed by atoms with E-state index in [2.05, 4.69) is 16.1 Å². The molecule has 0 spiro atoms. The third-order valence-corrected chi connectivity index (χ3v) is 0.884. The van der Waals surface area contributed by atoms with Crippen molar-refractivity contribution < 1.29 is 19.1 Å². The average molecular weight is 174 g/mol. The van der Waals surface area contributed by atoms with Gasteiger partial charge in [-0.05, 0) is 0 Å². The van der Waals surface area contributed by atoms with Gasteiger partial charge in [-0.2, -0.15) is 0 Å². The lowest BCUT2D eigenvalue weighted by Gasteiger charge is -1.87. The number of rotatable bonds is 2. The van der Waals surface area contributed by atoms with Crippen molar-refractivity contribution in [3.05, 3.63) is 12.7 Å². The van der Waals surface area contributed by atoms with Crippen LogP contribution >= 0.6 is 0 Å². The molecule has 0 aliphatic heterocycles. The quantitative estimate of drug-likeness (QED) is 0.461. The van der Waals surface area contributed by atoms with Gasteiger partial charge in [-0.1, -0.05) is 13.5 Å². The maximum Gasteiger partial charge on any atom is 0.329 e. The molecule has 12 heavy (non-hydrogen) atoms. The van der Waals surface area contributed by atoms with Crippen molar-refractivity contribution in [3.63, 3.8) is 0 Å². The van der Waals surface area contributed by atoms with E-state index in [1.807, 2.05) is 0 Å². The van der Waals surface area contributed by atoms with Gasteiger partial charge in [0.25, 0.3) is 0 Å². The van der Waals surface area contributed by atoms with Crippen LogP contribution in [0.3, 0.4) is 0 Å². The first-order chi connectivity index (χ1) is 5.62. The minimum Gasteiger partial charge on any atom is -0.469 e. The monoisotopic (exact) mass is 174 g/mol. The van der Waals surface area contributed by atoms with E-state index in [1.54, 1.807) is 6.92 Å². The van der Waals surface area contributed by atoms with Crippen molar-refractivity contribution in [2.45, 2.75) is 13.3 Å². The summed E-state index contributed by atoms with van der Waals surface area (Å²) >= 11 is 0. The molecule has 0 aromatic rings. The van der Waals surface area contributed by atoms with Crippen LogP contribution in [0.1, 0.15) is 13.3 Å². The zero-order valence-corrected chi connectivity index (χ0v) is 7.62. The molecule has 0 saturated carbocycles. The SMILES string of the molecule is C=CC(=O)OC.CCC(=O)OC. The maximum atomic E-state index is 9.96. The van der Waals surface area contributed by atoms with Crippen LogP contribution in [0.15, 0.2) is 12.7 Å². The Morgan fingerprint density at radius 2 is 1.83 bits per heavy atom. The van der Waals surface area contributed by atoms with Crippen molar-refractivity contribution >= 4 is 11.9 Å². The predicted molar refractivity (Wildman–Crippen MR) is 44.5 cm³/mol. The second kappa shape index (κ2) is 9.68. The van der Waals surface area contributed by atoms with Gasteiger partial charge < -0.3 is 9.47 Å². The fourth-order valence-electron chi connectivity index (χ4n) is 0.228. The summed E-state index contributed by atoms with van der Waals surface area (Å²) < 4.78 is 8.40. The highest BCUT2D eigenvalue weighted by Gasteiger charge is 1.87. The van der Waals surface area contributed by atoms with Gasteiger partial charge in [0, 0.05) is 12.5 Å². The van der Waals surface area contributed by atoms with E-state index < -0.39 is 5.97 Å². The summed E-state index contributed by atoms with van der Waals surface area (Å²) in [5, 5.41) is 0. The lowest BCUT2D eigenvalue weighted by Crippen LogP contribution is -1.94. The molecular formula is C8H14O4. The summed E-state index contributed by atoms with van der Waals surface area (Å²) in [6.07, 6.45) is 1.58. The Morgan fingerprint density at radius 1 is 1.33 bits per heavy atom. The summed E-state index contributed by atoms with van der Waals surface area (Å²) in [6.45, 7) is 4.91. The van der Waals surface area contributed by atoms with Crippen LogP contribution in [-0.2, 0) is 19.1 Å². The highest BCUT2D eigenvalue weighted by atomic mass is 16.5. The molecule has 0 saturated heterocycles. The molecule has 0 aliphatic carbocycles. The smallest absolute Gasteiger partial charge is 0.329 e. The lowest BCUT2D eigenvalue weighted by molar-refractivity contribution is -0.140. The molecule has 0 aromatic heterocycles.